The summed E-state index contributed by atoms with van der Waals surface area (Å²) in [7, 11) is -3.48. The van der Waals surface area contributed by atoms with Crippen LogP contribution in [-0.4, -0.2) is 15.0 Å². The van der Waals surface area contributed by atoms with Crippen LogP contribution in [0.2, 0.25) is 0 Å². The molecule has 0 aliphatic heterocycles. The number of hydrogen-bond acceptors (Lipinski definition) is 4. The molecule has 0 bridgehead atoms. The molecule has 4 nitrogen and oxygen atoms in total. The number of nitrogen functional groups attached to an aromatic ring is 1. The average Bonchev–Trinajstić information content (AvgIpc) is 2.43. The summed E-state index contributed by atoms with van der Waals surface area (Å²) in [6.07, 6.45) is 0. The van der Waals surface area contributed by atoms with Crippen molar-refractivity contribution in [1.82, 2.24) is 4.72 Å². The van der Waals surface area contributed by atoms with Crippen LogP contribution in [0.5, 0.6) is 0 Å². The van der Waals surface area contributed by atoms with Crippen molar-refractivity contribution in [3.8, 4) is 0 Å². The first-order valence-corrected chi connectivity index (χ1v) is 9.35. The molecule has 0 amide bonds. The van der Waals surface area contributed by atoms with Gasteiger partial charge in [-0.25, -0.2) is 13.1 Å². The Morgan fingerprint density at radius 2 is 1.90 bits per heavy atom. The number of rotatable bonds is 5. The van der Waals surface area contributed by atoms with Gasteiger partial charge in [-0.1, -0.05) is 30.8 Å². The fourth-order valence-corrected chi connectivity index (χ4v) is 4.28. The van der Waals surface area contributed by atoms with E-state index in [1.807, 2.05) is 24.3 Å². The predicted octanol–water partition coefficient (Wildman–Crippen LogP) is 3.48. The van der Waals surface area contributed by atoms with Crippen molar-refractivity contribution in [3.63, 3.8) is 0 Å². The Morgan fingerprint density at radius 1 is 1.19 bits per heavy atom. The lowest BCUT2D eigenvalue weighted by atomic mass is 10.3. The largest absolute Gasteiger partial charge is 0.398 e. The van der Waals surface area contributed by atoms with Gasteiger partial charge in [0.1, 0.15) is 0 Å². The smallest absolute Gasteiger partial charge is 0.240 e. The van der Waals surface area contributed by atoms with Gasteiger partial charge in [0.2, 0.25) is 10.0 Å². The molecule has 2 rings (SSSR count). The quantitative estimate of drug-likeness (QED) is 0.771. The summed E-state index contributed by atoms with van der Waals surface area (Å²) in [6.45, 7) is 2.09. The maximum atomic E-state index is 12.0. The van der Waals surface area contributed by atoms with E-state index in [2.05, 4.69) is 20.7 Å². The second-order valence-electron chi connectivity index (χ2n) is 4.23. The predicted molar refractivity (Wildman–Crippen MR) is 90.0 cm³/mol. The molecular formula is C14H15BrN2O2S2. The van der Waals surface area contributed by atoms with Gasteiger partial charge in [0.15, 0.2) is 0 Å². The Morgan fingerprint density at radius 3 is 2.57 bits per heavy atom. The van der Waals surface area contributed by atoms with Gasteiger partial charge < -0.3 is 5.73 Å². The Bertz CT molecular complexity index is 748. The Labute approximate surface area is 137 Å². The van der Waals surface area contributed by atoms with Gasteiger partial charge >= 0.3 is 0 Å². The van der Waals surface area contributed by atoms with Crippen LogP contribution in [0.4, 0.5) is 5.69 Å². The minimum Gasteiger partial charge on any atom is -0.398 e. The van der Waals surface area contributed by atoms with Crippen LogP contribution < -0.4 is 10.5 Å². The van der Waals surface area contributed by atoms with Crippen molar-refractivity contribution in [3.05, 3.63) is 46.9 Å². The average molecular weight is 387 g/mol. The minimum atomic E-state index is -3.48. The van der Waals surface area contributed by atoms with Crippen LogP contribution >= 0.6 is 27.7 Å². The van der Waals surface area contributed by atoms with Crippen molar-refractivity contribution in [2.45, 2.75) is 21.6 Å². The number of nitrogens with one attached hydrogen (secondary N) is 1. The molecule has 0 atom stereocenters. The fourth-order valence-electron chi connectivity index (χ4n) is 1.69. The molecule has 2 aromatic rings. The van der Waals surface area contributed by atoms with E-state index in [0.29, 0.717) is 17.1 Å². The van der Waals surface area contributed by atoms with E-state index in [9.17, 15) is 8.42 Å². The van der Waals surface area contributed by atoms with E-state index in [4.69, 9.17) is 5.73 Å². The lowest BCUT2D eigenvalue weighted by Crippen LogP contribution is -2.23. The normalized spacial score (nSPS) is 11.5. The molecule has 0 spiro atoms. The molecule has 0 radical (unpaired) electrons. The molecule has 0 saturated heterocycles. The van der Waals surface area contributed by atoms with Crippen molar-refractivity contribution in [2.75, 3.05) is 12.3 Å². The van der Waals surface area contributed by atoms with Crippen molar-refractivity contribution < 1.29 is 8.42 Å². The number of halogens is 1. The summed E-state index contributed by atoms with van der Waals surface area (Å²) in [6, 6.07) is 12.4. The summed E-state index contributed by atoms with van der Waals surface area (Å²) in [4.78, 5) is 1.90. The molecule has 0 aromatic heterocycles. The highest BCUT2D eigenvalue weighted by atomic mass is 79.9. The van der Waals surface area contributed by atoms with Crippen LogP contribution in [0.3, 0.4) is 0 Å². The van der Waals surface area contributed by atoms with E-state index in [0.717, 1.165) is 9.37 Å². The second kappa shape index (κ2) is 6.83. The number of sulfonamides is 1. The molecule has 7 heteroatoms. The third-order valence-electron chi connectivity index (χ3n) is 2.69. The van der Waals surface area contributed by atoms with E-state index < -0.39 is 10.0 Å². The molecular weight excluding hydrogens is 372 g/mol. The first kappa shape index (κ1) is 16.4. The summed E-state index contributed by atoms with van der Waals surface area (Å²) in [5.41, 5.74) is 6.50. The van der Waals surface area contributed by atoms with E-state index >= 15 is 0 Å². The van der Waals surface area contributed by atoms with Gasteiger partial charge in [-0.2, -0.15) is 0 Å². The van der Waals surface area contributed by atoms with Gasteiger partial charge in [0, 0.05) is 26.5 Å². The first-order chi connectivity index (χ1) is 9.94. The lowest BCUT2D eigenvalue weighted by Gasteiger charge is -2.10. The standard InChI is InChI=1S/C14H15BrN2O2S2/c1-2-17-21(18,19)10-7-8-12(16)14(9-10)20-13-6-4-3-5-11(13)15/h3-9,17H,2,16H2,1H3. The van der Waals surface area contributed by atoms with E-state index in [-0.39, 0.29) is 4.90 Å². The topological polar surface area (TPSA) is 72.2 Å². The molecule has 0 unspecified atom stereocenters. The van der Waals surface area contributed by atoms with Crippen molar-refractivity contribution in [2.24, 2.45) is 0 Å². The summed E-state index contributed by atoms with van der Waals surface area (Å²) >= 11 is 4.89. The van der Waals surface area contributed by atoms with Gasteiger partial charge in [-0.15, -0.1) is 0 Å². The van der Waals surface area contributed by atoms with Crippen LogP contribution in [0, 0.1) is 0 Å². The maximum absolute atomic E-state index is 12.0. The van der Waals surface area contributed by atoms with Crippen molar-refractivity contribution in [1.29, 1.82) is 0 Å². The van der Waals surface area contributed by atoms with Crippen molar-refractivity contribution >= 4 is 43.4 Å². The van der Waals surface area contributed by atoms with Crippen LogP contribution in [0.25, 0.3) is 0 Å². The number of benzene rings is 2. The molecule has 2 aromatic carbocycles. The molecule has 0 aliphatic rings. The summed E-state index contributed by atoms with van der Waals surface area (Å²) < 4.78 is 27.5. The Balaban J connectivity index is 2.39. The lowest BCUT2D eigenvalue weighted by molar-refractivity contribution is 0.583. The Hall–Kier alpha value is -1.02. The highest BCUT2D eigenvalue weighted by Crippen LogP contribution is 2.37. The summed E-state index contributed by atoms with van der Waals surface area (Å²) in [5.74, 6) is 0. The second-order valence-corrected chi connectivity index (χ2v) is 7.94. The zero-order valence-corrected chi connectivity index (χ0v) is 14.6. The van der Waals surface area contributed by atoms with Gasteiger partial charge in [0.25, 0.3) is 0 Å². The van der Waals surface area contributed by atoms with Crippen LogP contribution in [-0.2, 0) is 10.0 Å². The molecule has 21 heavy (non-hydrogen) atoms. The van der Waals surface area contributed by atoms with Crippen LogP contribution in [0.1, 0.15) is 6.92 Å². The number of nitrogens with two attached hydrogens (primary N) is 1. The maximum Gasteiger partial charge on any atom is 0.240 e. The van der Waals surface area contributed by atoms with E-state index in [1.54, 1.807) is 19.1 Å². The molecule has 0 saturated carbocycles. The van der Waals surface area contributed by atoms with Gasteiger partial charge in [-0.05, 0) is 46.3 Å². The third kappa shape index (κ3) is 4.00. The molecule has 3 N–H and O–H groups in total. The SMILES string of the molecule is CCNS(=O)(=O)c1ccc(N)c(Sc2ccccc2Br)c1. The zero-order valence-electron chi connectivity index (χ0n) is 11.3. The number of anilines is 1. The zero-order chi connectivity index (χ0) is 15.5. The third-order valence-corrected chi connectivity index (χ3v) is 6.33. The minimum absolute atomic E-state index is 0.216. The van der Waals surface area contributed by atoms with E-state index in [1.165, 1.54) is 17.8 Å². The monoisotopic (exact) mass is 386 g/mol. The highest BCUT2D eigenvalue weighted by molar-refractivity contribution is 9.10. The molecule has 0 fully saturated rings. The van der Waals surface area contributed by atoms with Gasteiger partial charge in [-0.3, -0.25) is 0 Å². The molecule has 0 heterocycles. The molecule has 0 aliphatic carbocycles. The fraction of sp³-hybridized carbons (Fsp3) is 0.143. The highest BCUT2D eigenvalue weighted by Gasteiger charge is 2.15. The van der Waals surface area contributed by atoms with Gasteiger partial charge in [0.05, 0.1) is 4.90 Å². The Kier molecular flexibility index (Phi) is 5.32. The first-order valence-electron chi connectivity index (χ1n) is 6.25. The summed E-state index contributed by atoms with van der Waals surface area (Å²) in [5, 5.41) is 0. The van der Waals surface area contributed by atoms with Crippen LogP contribution in [0.15, 0.2) is 61.6 Å². The molecule has 112 valence electrons. The number of hydrogen-bond donors (Lipinski definition) is 2.